The summed E-state index contributed by atoms with van der Waals surface area (Å²) in [6, 6.07) is 4.88. The Hall–Kier alpha value is -0.810. The van der Waals surface area contributed by atoms with Crippen LogP contribution in [0.1, 0.15) is 0 Å². The van der Waals surface area contributed by atoms with Crippen molar-refractivity contribution in [2.24, 2.45) is 0 Å². The predicted molar refractivity (Wildman–Crippen MR) is 54.1 cm³/mol. The second kappa shape index (κ2) is 4.81. The summed E-state index contributed by atoms with van der Waals surface area (Å²) in [5, 5.41) is 10.3. The van der Waals surface area contributed by atoms with Crippen LogP contribution in [0, 0.1) is 10.1 Å². The first-order valence-electron chi connectivity index (χ1n) is 3.48. The average Bonchev–Trinajstić information content (AvgIpc) is 2.14. The topological polar surface area (TPSA) is 78.7 Å². The third-order valence-corrected chi connectivity index (χ3v) is 1.85. The summed E-state index contributed by atoms with van der Waals surface area (Å²) in [6.07, 6.45) is -3.77. The number of non-ortho nitro benzene ring substituents is 1. The average molecular weight is 272 g/mol. The fraction of sp³-hybridized carbons (Fsp3) is 0. The van der Waals surface area contributed by atoms with Gasteiger partial charge in [-0.2, -0.15) is 0 Å². The molecule has 0 saturated carbocycles. The quantitative estimate of drug-likeness (QED) is 0.362. The van der Waals surface area contributed by atoms with Crippen molar-refractivity contribution in [3.05, 3.63) is 34.4 Å². The van der Waals surface area contributed by atoms with Crippen molar-refractivity contribution in [2.75, 3.05) is 0 Å². The van der Waals surface area contributed by atoms with Crippen molar-refractivity contribution in [1.82, 2.24) is 0 Å². The molecule has 0 saturated heterocycles. The molecule has 0 fully saturated rings. The zero-order valence-electron chi connectivity index (χ0n) is 7.00. The second-order valence-corrected chi connectivity index (χ2v) is 6.49. The van der Waals surface area contributed by atoms with Crippen LogP contribution in [0.15, 0.2) is 24.3 Å². The van der Waals surface area contributed by atoms with Crippen LogP contribution in [0.4, 0.5) is 5.69 Å². The molecule has 0 amide bonds. The first-order valence-corrected chi connectivity index (χ1v) is 6.92. The molecule has 9 heteroatoms. The molecule has 6 nitrogen and oxygen atoms in total. The molecule has 0 aliphatic heterocycles. The number of benzene rings is 1. The summed E-state index contributed by atoms with van der Waals surface area (Å²) in [5.74, 6) is 0.0992. The molecule has 0 N–H and O–H groups in total. The lowest BCUT2D eigenvalue weighted by atomic mass is 10.3. The predicted octanol–water partition coefficient (Wildman–Crippen LogP) is 3.49. The molecule has 0 atom stereocenters. The van der Waals surface area contributed by atoms with E-state index in [2.05, 4.69) is 9.56 Å². The molecule has 1 aromatic carbocycles. The number of hydrogen-bond donors (Lipinski definition) is 0. The van der Waals surface area contributed by atoms with E-state index in [0.29, 0.717) is 0 Å². The molecular formula is C6H4Cl2NO5P. The lowest BCUT2D eigenvalue weighted by Gasteiger charge is -2.03. The zero-order valence-corrected chi connectivity index (χ0v) is 9.41. The summed E-state index contributed by atoms with van der Waals surface area (Å²) in [4.78, 5) is 14.2. The Morgan fingerprint density at radius 3 is 2.20 bits per heavy atom. The molecule has 82 valence electrons. The highest BCUT2D eigenvalue weighted by atomic mass is 35.9. The molecule has 1 aromatic rings. The molecule has 0 aliphatic rings. The lowest BCUT2D eigenvalue weighted by Crippen LogP contribution is -1.91. The largest absolute Gasteiger partial charge is 0.417 e. The smallest absolute Gasteiger partial charge is 0.329 e. The van der Waals surface area contributed by atoms with E-state index in [1.54, 1.807) is 0 Å². The summed E-state index contributed by atoms with van der Waals surface area (Å²) in [7, 11) is 0. The van der Waals surface area contributed by atoms with Gasteiger partial charge in [-0.25, -0.2) is 0 Å². The van der Waals surface area contributed by atoms with E-state index in [1.165, 1.54) is 24.3 Å². The number of hydrogen-bond acceptors (Lipinski definition) is 5. The van der Waals surface area contributed by atoms with E-state index in [9.17, 15) is 14.7 Å². The van der Waals surface area contributed by atoms with Gasteiger partial charge in [-0.05, 0) is 34.6 Å². The van der Waals surface area contributed by atoms with Crippen molar-refractivity contribution in [3.8, 4) is 5.75 Å². The minimum Gasteiger partial charge on any atom is -0.329 e. The van der Waals surface area contributed by atoms with Crippen LogP contribution in [0.2, 0.25) is 0 Å². The molecular weight excluding hydrogens is 268 g/mol. The van der Waals surface area contributed by atoms with Crippen molar-refractivity contribution in [2.45, 2.75) is 0 Å². The van der Waals surface area contributed by atoms with Crippen LogP contribution in [0.25, 0.3) is 0 Å². The fourth-order valence-electron chi connectivity index (χ4n) is 0.710. The monoisotopic (exact) mass is 271 g/mol. The maximum absolute atomic E-state index is 10.6. The maximum atomic E-state index is 10.6. The van der Waals surface area contributed by atoms with Crippen LogP contribution in [0.5, 0.6) is 5.75 Å². The first-order chi connectivity index (χ1) is 6.88. The van der Waals surface area contributed by atoms with E-state index in [0.717, 1.165) is 0 Å². The van der Waals surface area contributed by atoms with Gasteiger partial charge >= 0.3 is 6.07 Å². The van der Waals surface area contributed by atoms with Gasteiger partial charge in [-0.3, -0.25) is 14.7 Å². The van der Waals surface area contributed by atoms with Crippen LogP contribution in [0.3, 0.4) is 0 Å². The SMILES string of the molecule is O=[N+]([O-])c1ccc(OOP(=O)(Cl)Cl)cc1. The molecule has 0 bridgehead atoms. The van der Waals surface area contributed by atoms with E-state index in [4.69, 9.17) is 22.5 Å². The molecule has 0 spiro atoms. The van der Waals surface area contributed by atoms with Gasteiger partial charge in [0.25, 0.3) is 5.69 Å². The first kappa shape index (κ1) is 12.3. The Kier molecular flexibility index (Phi) is 3.93. The molecule has 15 heavy (non-hydrogen) atoms. The molecule has 0 aromatic heterocycles. The van der Waals surface area contributed by atoms with Gasteiger partial charge in [-0.15, -0.1) is 0 Å². The molecule has 0 aliphatic carbocycles. The van der Waals surface area contributed by atoms with Crippen LogP contribution in [-0.2, 0) is 9.24 Å². The van der Waals surface area contributed by atoms with Gasteiger partial charge in [0, 0.05) is 12.1 Å². The zero-order chi connectivity index (χ0) is 11.5. The van der Waals surface area contributed by atoms with Gasteiger partial charge in [0.15, 0.2) is 5.75 Å². The third kappa shape index (κ3) is 4.48. The summed E-state index contributed by atoms with van der Waals surface area (Å²) >= 11 is 10.1. The van der Waals surface area contributed by atoms with Gasteiger partial charge in [0.1, 0.15) is 0 Å². The van der Waals surface area contributed by atoms with Crippen molar-refractivity contribution in [1.29, 1.82) is 0 Å². The van der Waals surface area contributed by atoms with Crippen molar-refractivity contribution in [3.63, 3.8) is 0 Å². The van der Waals surface area contributed by atoms with Gasteiger partial charge in [-0.1, -0.05) is 4.67 Å². The Bertz CT molecular complexity index is 402. The summed E-state index contributed by atoms with van der Waals surface area (Å²) in [5.41, 5.74) is -0.109. The van der Waals surface area contributed by atoms with Crippen molar-refractivity contribution < 1.29 is 19.1 Å². The fourth-order valence-corrected chi connectivity index (χ4v) is 1.05. The third-order valence-electron chi connectivity index (χ3n) is 1.27. The normalized spacial score (nSPS) is 11.1. The molecule has 1 rings (SSSR count). The lowest BCUT2D eigenvalue weighted by molar-refractivity contribution is -0.384. The Labute approximate surface area is 93.8 Å². The van der Waals surface area contributed by atoms with Crippen LogP contribution >= 0.6 is 28.6 Å². The van der Waals surface area contributed by atoms with E-state index in [1.807, 2.05) is 0 Å². The molecule has 0 unspecified atom stereocenters. The highest BCUT2D eigenvalue weighted by Gasteiger charge is 2.17. The van der Waals surface area contributed by atoms with E-state index in [-0.39, 0.29) is 11.4 Å². The number of halogens is 2. The van der Waals surface area contributed by atoms with Gasteiger partial charge in [0.05, 0.1) is 4.92 Å². The van der Waals surface area contributed by atoms with Crippen LogP contribution < -0.4 is 4.89 Å². The van der Waals surface area contributed by atoms with Crippen molar-refractivity contribution >= 4 is 34.2 Å². The van der Waals surface area contributed by atoms with E-state index < -0.39 is 11.0 Å². The Morgan fingerprint density at radius 1 is 1.27 bits per heavy atom. The highest BCUT2D eigenvalue weighted by Crippen LogP contribution is 2.57. The summed E-state index contributed by atoms with van der Waals surface area (Å²) < 4.78 is 14.8. The van der Waals surface area contributed by atoms with Gasteiger partial charge < -0.3 is 4.89 Å². The van der Waals surface area contributed by atoms with Gasteiger partial charge in [0.2, 0.25) is 0 Å². The Balaban J connectivity index is 2.65. The van der Waals surface area contributed by atoms with E-state index >= 15 is 0 Å². The standard InChI is InChI=1S/C6H4Cl2NO5P/c7-15(8,12)14-13-6-3-1-5(2-4-6)9(10)11/h1-4H. The van der Waals surface area contributed by atoms with Crippen LogP contribution in [-0.4, -0.2) is 4.92 Å². The minimum atomic E-state index is -3.77. The highest BCUT2D eigenvalue weighted by molar-refractivity contribution is 8.05. The Morgan fingerprint density at radius 2 is 1.80 bits per heavy atom. The minimum absolute atomic E-state index is 0.0992. The number of nitrogens with zero attached hydrogens (tertiary/aromatic N) is 1. The second-order valence-electron chi connectivity index (χ2n) is 2.32. The number of nitro benzene ring substituents is 1. The number of rotatable bonds is 4. The number of nitro groups is 1. The molecule has 0 heterocycles. The summed E-state index contributed by atoms with van der Waals surface area (Å²) in [6.45, 7) is 0. The maximum Gasteiger partial charge on any atom is 0.417 e. The molecule has 0 radical (unpaired) electrons.